The summed E-state index contributed by atoms with van der Waals surface area (Å²) < 4.78 is 1.63. The molecule has 0 spiro atoms. The van der Waals surface area contributed by atoms with Crippen LogP contribution in [0.25, 0.3) is 5.69 Å². The Kier molecular flexibility index (Phi) is 5.38. The fraction of sp³-hybridized carbons (Fsp3) is 0.474. The summed E-state index contributed by atoms with van der Waals surface area (Å²) in [4.78, 5) is 15.3. The molecular weight excluding hydrogens is 314 g/mol. The zero-order chi connectivity index (χ0) is 17.8. The molecule has 134 valence electrons. The summed E-state index contributed by atoms with van der Waals surface area (Å²) in [7, 11) is 2.12. The normalized spacial score (nSPS) is 16.4. The molecule has 25 heavy (non-hydrogen) atoms. The molecule has 0 saturated carbocycles. The summed E-state index contributed by atoms with van der Waals surface area (Å²) in [6, 6.07) is 9.69. The van der Waals surface area contributed by atoms with Crippen molar-refractivity contribution in [2.45, 2.75) is 26.7 Å². The smallest absolute Gasteiger partial charge is 0.280 e. The SMILES string of the molecule is CCCc1[nH]n(-c2ccccc2)c(=O)c1C(C)=NN1CCN(C)CC1. The molecule has 1 aromatic carbocycles. The van der Waals surface area contributed by atoms with Gasteiger partial charge in [0.1, 0.15) is 0 Å². The van der Waals surface area contributed by atoms with Crippen LogP contribution in [0.4, 0.5) is 0 Å². The van der Waals surface area contributed by atoms with Gasteiger partial charge in [-0.3, -0.25) is 14.9 Å². The van der Waals surface area contributed by atoms with E-state index in [0.29, 0.717) is 5.56 Å². The Morgan fingerprint density at radius 2 is 1.84 bits per heavy atom. The topological polar surface area (TPSA) is 56.6 Å². The van der Waals surface area contributed by atoms with Gasteiger partial charge >= 0.3 is 0 Å². The molecule has 2 aromatic rings. The van der Waals surface area contributed by atoms with E-state index in [0.717, 1.165) is 56.1 Å². The average Bonchev–Trinajstić information content (AvgIpc) is 2.94. The number of piperazine rings is 1. The van der Waals surface area contributed by atoms with Crippen LogP contribution >= 0.6 is 0 Å². The first-order valence-corrected chi connectivity index (χ1v) is 8.98. The summed E-state index contributed by atoms with van der Waals surface area (Å²) in [5.74, 6) is 0. The van der Waals surface area contributed by atoms with Crippen molar-refractivity contribution in [1.82, 2.24) is 19.7 Å². The van der Waals surface area contributed by atoms with Crippen molar-refractivity contribution in [3.8, 4) is 5.69 Å². The minimum absolute atomic E-state index is 0.0231. The van der Waals surface area contributed by atoms with Gasteiger partial charge in [-0.25, -0.2) is 4.68 Å². The highest BCUT2D eigenvalue weighted by Crippen LogP contribution is 2.12. The molecule has 3 rings (SSSR count). The molecule has 2 heterocycles. The van der Waals surface area contributed by atoms with Gasteiger partial charge < -0.3 is 4.90 Å². The van der Waals surface area contributed by atoms with Crippen LogP contribution in [-0.4, -0.2) is 58.6 Å². The van der Waals surface area contributed by atoms with Gasteiger partial charge in [0.2, 0.25) is 0 Å². The van der Waals surface area contributed by atoms with Crippen molar-refractivity contribution >= 4 is 5.71 Å². The molecule has 1 fully saturated rings. The molecule has 1 saturated heterocycles. The highest BCUT2D eigenvalue weighted by molar-refractivity contribution is 5.99. The third kappa shape index (κ3) is 3.85. The lowest BCUT2D eigenvalue weighted by molar-refractivity contribution is 0.159. The quantitative estimate of drug-likeness (QED) is 0.847. The number of H-pyrrole nitrogens is 1. The lowest BCUT2D eigenvalue weighted by Crippen LogP contribution is -2.42. The fourth-order valence-electron chi connectivity index (χ4n) is 3.20. The third-order valence-corrected chi connectivity index (χ3v) is 4.61. The Balaban J connectivity index is 1.97. The second-order valence-electron chi connectivity index (χ2n) is 6.63. The molecule has 1 aliphatic heterocycles. The van der Waals surface area contributed by atoms with Crippen LogP contribution in [-0.2, 0) is 6.42 Å². The first-order valence-electron chi connectivity index (χ1n) is 8.98. The van der Waals surface area contributed by atoms with E-state index in [-0.39, 0.29) is 5.56 Å². The third-order valence-electron chi connectivity index (χ3n) is 4.61. The van der Waals surface area contributed by atoms with Gasteiger partial charge in [-0.1, -0.05) is 31.5 Å². The van der Waals surface area contributed by atoms with Gasteiger partial charge in [0.15, 0.2) is 0 Å². The van der Waals surface area contributed by atoms with Crippen LogP contribution in [0, 0.1) is 0 Å². The summed E-state index contributed by atoms with van der Waals surface area (Å²) in [6.45, 7) is 7.86. The van der Waals surface area contributed by atoms with Gasteiger partial charge in [-0.05, 0) is 32.5 Å². The monoisotopic (exact) mass is 341 g/mol. The van der Waals surface area contributed by atoms with E-state index in [1.807, 2.05) is 37.3 Å². The molecule has 6 nitrogen and oxygen atoms in total. The van der Waals surface area contributed by atoms with E-state index in [9.17, 15) is 4.79 Å². The Morgan fingerprint density at radius 3 is 2.48 bits per heavy atom. The van der Waals surface area contributed by atoms with Crippen LogP contribution < -0.4 is 5.56 Å². The highest BCUT2D eigenvalue weighted by atomic mass is 16.1. The summed E-state index contributed by atoms with van der Waals surface area (Å²) in [6.07, 6.45) is 1.81. The van der Waals surface area contributed by atoms with E-state index in [1.165, 1.54) is 0 Å². The number of nitrogens with one attached hydrogen (secondary N) is 1. The van der Waals surface area contributed by atoms with Crippen molar-refractivity contribution in [3.05, 3.63) is 51.9 Å². The molecule has 0 atom stereocenters. The van der Waals surface area contributed by atoms with Crippen LogP contribution in [0.5, 0.6) is 0 Å². The summed E-state index contributed by atoms with van der Waals surface area (Å²) in [5.41, 5.74) is 3.30. The van der Waals surface area contributed by atoms with Crippen molar-refractivity contribution < 1.29 is 0 Å². The lowest BCUT2D eigenvalue weighted by atomic mass is 10.1. The largest absolute Gasteiger partial charge is 0.303 e. The molecule has 1 aromatic heterocycles. The number of aromatic nitrogens is 2. The predicted octanol–water partition coefficient (Wildman–Crippen LogP) is 2.09. The number of hydrazone groups is 1. The van der Waals surface area contributed by atoms with E-state index >= 15 is 0 Å². The standard InChI is InChI=1S/C19H27N5O/c1-4-8-17-18(15(2)20-23-13-11-22(3)12-14-23)19(25)24(21-17)16-9-6-5-7-10-16/h5-7,9-10,21H,4,8,11-14H2,1-3H3. The zero-order valence-corrected chi connectivity index (χ0v) is 15.3. The fourth-order valence-corrected chi connectivity index (χ4v) is 3.20. The average molecular weight is 341 g/mol. The molecular formula is C19H27N5O. The Labute approximate surface area is 148 Å². The molecule has 1 aliphatic rings. The number of benzene rings is 1. The molecule has 6 heteroatoms. The van der Waals surface area contributed by atoms with E-state index in [1.54, 1.807) is 4.68 Å². The molecule has 0 amide bonds. The van der Waals surface area contributed by atoms with E-state index in [2.05, 4.69) is 29.0 Å². The van der Waals surface area contributed by atoms with Crippen LogP contribution in [0.2, 0.25) is 0 Å². The summed E-state index contributed by atoms with van der Waals surface area (Å²) in [5, 5.41) is 10.1. The van der Waals surface area contributed by atoms with Crippen LogP contribution in [0.15, 0.2) is 40.2 Å². The van der Waals surface area contributed by atoms with Crippen molar-refractivity contribution in [2.75, 3.05) is 33.2 Å². The highest BCUT2D eigenvalue weighted by Gasteiger charge is 2.19. The number of likely N-dealkylation sites (N-methyl/N-ethyl adjacent to an activating group) is 1. The second kappa shape index (κ2) is 7.70. The number of nitrogens with zero attached hydrogens (tertiary/aromatic N) is 4. The number of hydrogen-bond acceptors (Lipinski definition) is 4. The van der Waals surface area contributed by atoms with Crippen molar-refractivity contribution in [2.24, 2.45) is 5.10 Å². The van der Waals surface area contributed by atoms with Crippen molar-refractivity contribution in [1.29, 1.82) is 0 Å². The van der Waals surface area contributed by atoms with Gasteiger partial charge in [-0.15, -0.1) is 0 Å². The molecule has 0 bridgehead atoms. The predicted molar refractivity (Wildman–Crippen MR) is 102 cm³/mol. The van der Waals surface area contributed by atoms with E-state index in [4.69, 9.17) is 5.10 Å². The Hall–Kier alpha value is -2.34. The Morgan fingerprint density at radius 1 is 1.16 bits per heavy atom. The number of rotatable bonds is 5. The maximum Gasteiger partial charge on any atom is 0.280 e. The first-order chi connectivity index (χ1) is 12.1. The molecule has 0 radical (unpaired) electrons. The Bertz CT molecular complexity index is 782. The van der Waals surface area contributed by atoms with Gasteiger partial charge in [0.25, 0.3) is 5.56 Å². The number of aryl methyl sites for hydroxylation is 1. The minimum Gasteiger partial charge on any atom is -0.303 e. The van der Waals surface area contributed by atoms with Crippen LogP contribution in [0.1, 0.15) is 31.5 Å². The summed E-state index contributed by atoms with van der Waals surface area (Å²) >= 11 is 0. The lowest BCUT2D eigenvalue weighted by Gasteiger charge is -2.30. The maximum atomic E-state index is 13.0. The number of hydrogen-bond donors (Lipinski definition) is 1. The molecule has 0 unspecified atom stereocenters. The van der Waals surface area contributed by atoms with Gasteiger partial charge in [0.05, 0.1) is 17.0 Å². The minimum atomic E-state index is -0.0231. The van der Waals surface area contributed by atoms with Gasteiger partial charge in [0, 0.05) is 31.9 Å². The van der Waals surface area contributed by atoms with Crippen molar-refractivity contribution in [3.63, 3.8) is 0 Å². The second-order valence-corrected chi connectivity index (χ2v) is 6.63. The van der Waals surface area contributed by atoms with E-state index < -0.39 is 0 Å². The number of aromatic amines is 1. The zero-order valence-electron chi connectivity index (χ0n) is 15.3. The molecule has 1 N–H and O–H groups in total. The first kappa shape index (κ1) is 17.5. The molecule has 0 aliphatic carbocycles. The maximum absolute atomic E-state index is 13.0. The van der Waals surface area contributed by atoms with Gasteiger partial charge in [-0.2, -0.15) is 5.10 Å². The number of para-hydroxylation sites is 1. The van der Waals surface area contributed by atoms with Crippen LogP contribution in [0.3, 0.4) is 0 Å².